The van der Waals surface area contributed by atoms with Gasteiger partial charge in [0.25, 0.3) is 0 Å². The minimum absolute atomic E-state index is 0.115. The van der Waals surface area contributed by atoms with Crippen LogP contribution >= 0.6 is 0 Å². The van der Waals surface area contributed by atoms with E-state index in [-0.39, 0.29) is 12.4 Å². The number of aliphatic hydroxyl groups excluding tert-OH is 1. The van der Waals surface area contributed by atoms with Crippen molar-refractivity contribution >= 4 is 0 Å². The van der Waals surface area contributed by atoms with Crippen molar-refractivity contribution in [3.63, 3.8) is 0 Å². The Morgan fingerprint density at radius 2 is 2.27 bits per heavy atom. The Labute approximate surface area is 89.1 Å². The lowest BCUT2D eigenvalue weighted by molar-refractivity contribution is 0.281. The van der Waals surface area contributed by atoms with Crippen LogP contribution in [-0.4, -0.2) is 18.7 Å². The van der Waals surface area contributed by atoms with Crippen LogP contribution in [0.3, 0.4) is 0 Å². The molecule has 2 nitrogen and oxygen atoms in total. The van der Waals surface area contributed by atoms with Crippen LogP contribution in [0.15, 0.2) is 18.2 Å². The molecule has 2 N–H and O–H groups in total. The molecule has 0 radical (unpaired) electrons. The van der Waals surface area contributed by atoms with Gasteiger partial charge in [-0.3, -0.25) is 0 Å². The van der Waals surface area contributed by atoms with Crippen LogP contribution in [-0.2, 0) is 6.61 Å². The van der Waals surface area contributed by atoms with Gasteiger partial charge in [-0.2, -0.15) is 0 Å². The fourth-order valence-electron chi connectivity index (χ4n) is 1.15. The SMILES string of the molecule is CNCCC#Cc1cc(F)ccc1CO. The molecule has 0 amide bonds. The largest absolute Gasteiger partial charge is 0.392 e. The predicted octanol–water partition coefficient (Wildman–Crippen LogP) is 1.28. The summed E-state index contributed by atoms with van der Waals surface area (Å²) in [7, 11) is 1.85. The molecule has 0 saturated heterocycles. The van der Waals surface area contributed by atoms with Gasteiger partial charge in [-0.05, 0) is 24.7 Å². The smallest absolute Gasteiger partial charge is 0.124 e. The Bertz CT molecular complexity index is 379. The fourth-order valence-corrected chi connectivity index (χ4v) is 1.15. The highest BCUT2D eigenvalue weighted by molar-refractivity contribution is 5.41. The van der Waals surface area contributed by atoms with Gasteiger partial charge in [0.15, 0.2) is 0 Å². The number of rotatable bonds is 3. The highest BCUT2D eigenvalue weighted by Gasteiger charge is 1.99. The first-order valence-corrected chi connectivity index (χ1v) is 4.80. The maximum Gasteiger partial charge on any atom is 0.124 e. The van der Waals surface area contributed by atoms with Gasteiger partial charge >= 0.3 is 0 Å². The summed E-state index contributed by atoms with van der Waals surface area (Å²) in [6.07, 6.45) is 0.706. The molecule has 15 heavy (non-hydrogen) atoms. The van der Waals surface area contributed by atoms with Crippen molar-refractivity contribution in [3.05, 3.63) is 35.1 Å². The molecule has 1 aromatic carbocycles. The van der Waals surface area contributed by atoms with Crippen molar-refractivity contribution in [1.29, 1.82) is 0 Å². The third kappa shape index (κ3) is 3.70. The molecular formula is C12H14FNO. The minimum Gasteiger partial charge on any atom is -0.392 e. The maximum atomic E-state index is 12.9. The molecular weight excluding hydrogens is 193 g/mol. The lowest BCUT2D eigenvalue weighted by Gasteiger charge is -1.99. The number of nitrogens with one attached hydrogen (secondary N) is 1. The summed E-state index contributed by atoms with van der Waals surface area (Å²) < 4.78 is 12.9. The summed E-state index contributed by atoms with van der Waals surface area (Å²) in [5.74, 6) is 5.44. The molecule has 0 spiro atoms. The van der Waals surface area contributed by atoms with Gasteiger partial charge < -0.3 is 10.4 Å². The van der Waals surface area contributed by atoms with Gasteiger partial charge in [0, 0.05) is 18.5 Å². The van der Waals surface area contributed by atoms with E-state index < -0.39 is 0 Å². The first kappa shape index (κ1) is 11.7. The van der Waals surface area contributed by atoms with Crippen LogP contribution in [0, 0.1) is 17.7 Å². The van der Waals surface area contributed by atoms with Crippen LogP contribution < -0.4 is 5.32 Å². The zero-order valence-electron chi connectivity index (χ0n) is 8.68. The topological polar surface area (TPSA) is 32.3 Å². The molecule has 0 bridgehead atoms. The Balaban J connectivity index is 2.80. The molecule has 0 heterocycles. The van der Waals surface area contributed by atoms with Crippen LogP contribution in [0.4, 0.5) is 4.39 Å². The number of hydrogen-bond donors (Lipinski definition) is 2. The number of aliphatic hydroxyl groups is 1. The molecule has 0 saturated carbocycles. The number of benzene rings is 1. The van der Waals surface area contributed by atoms with E-state index in [0.717, 1.165) is 6.54 Å². The second kappa shape index (κ2) is 6.18. The van der Waals surface area contributed by atoms with Crippen molar-refractivity contribution in [2.24, 2.45) is 0 Å². The first-order valence-electron chi connectivity index (χ1n) is 4.80. The minimum atomic E-state index is -0.329. The average Bonchev–Trinajstić information content (AvgIpc) is 2.25. The van der Waals surface area contributed by atoms with E-state index >= 15 is 0 Å². The van der Waals surface area contributed by atoms with E-state index in [0.29, 0.717) is 17.5 Å². The second-order valence-electron chi connectivity index (χ2n) is 3.11. The highest BCUT2D eigenvalue weighted by Crippen LogP contribution is 2.09. The molecule has 0 aromatic heterocycles. The number of halogens is 1. The normalized spacial score (nSPS) is 9.53. The van der Waals surface area contributed by atoms with Gasteiger partial charge in [-0.15, -0.1) is 0 Å². The molecule has 1 rings (SSSR count). The molecule has 0 atom stereocenters. The molecule has 0 unspecified atom stereocenters. The van der Waals surface area contributed by atoms with E-state index in [1.165, 1.54) is 12.1 Å². The van der Waals surface area contributed by atoms with Gasteiger partial charge in [0.1, 0.15) is 5.82 Å². The molecule has 1 aromatic rings. The van der Waals surface area contributed by atoms with Crippen molar-refractivity contribution < 1.29 is 9.50 Å². The first-order chi connectivity index (χ1) is 7.27. The van der Waals surface area contributed by atoms with E-state index in [9.17, 15) is 4.39 Å². The summed E-state index contributed by atoms with van der Waals surface area (Å²) in [6.45, 7) is 0.688. The van der Waals surface area contributed by atoms with Crippen molar-refractivity contribution in [2.75, 3.05) is 13.6 Å². The maximum absolute atomic E-state index is 12.9. The molecule has 0 aliphatic heterocycles. The van der Waals surface area contributed by atoms with Crippen LogP contribution in [0.25, 0.3) is 0 Å². The summed E-state index contributed by atoms with van der Waals surface area (Å²) in [5.41, 5.74) is 1.22. The third-order valence-corrected chi connectivity index (χ3v) is 1.97. The lowest BCUT2D eigenvalue weighted by atomic mass is 10.1. The quantitative estimate of drug-likeness (QED) is 0.578. The fraction of sp³-hybridized carbons (Fsp3) is 0.333. The van der Waals surface area contributed by atoms with Crippen LogP contribution in [0.2, 0.25) is 0 Å². The molecule has 0 fully saturated rings. The molecule has 3 heteroatoms. The van der Waals surface area contributed by atoms with E-state index in [1.807, 2.05) is 7.05 Å². The highest BCUT2D eigenvalue weighted by atomic mass is 19.1. The Hall–Kier alpha value is -1.37. The molecule has 0 aliphatic rings. The van der Waals surface area contributed by atoms with Gasteiger partial charge in [-0.25, -0.2) is 4.39 Å². The molecule has 0 aliphatic carbocycles. The zero-order valence-corrected chi connectivity index (χ0v) is 8.68. The summed E-state index contributed by atoms with van der Waals surface area (Å²) in [4.78, 5) is 0. The second-order valence-corrected chi connectivity index (χ2v) is 3.11. The molecule has 80 valence electrons. The number of hydrogen-bond acceptors (Lipinski definition) is 2. The summed E-state index contributed by atoms with van der Waals surface area (Å²) in [5, 5.41) is 12.0. The zero-order chi connectivity index (χ0) is 11.1. The Kier molecular flexibility index (Phi) is 4.82. The van der Waals surface area contributed by atoms with E-state index in [4.69, 9.17) is 5.11 Å². The summed E-state index contributed by atoms with van der Waals surface area (Å²) >= 11 is 0. The van der Waals surface area contributed by atoms with E-state index in [2.05, 4.69) is 17.2 Å². The van der Waals surface area contributed by atoms with Crippen molar-refractivity contribution in [3.8, 4) is 11.8 Å². The Morgan fingerprint density at radius 1 is 1.47 bits per heavy atom. The van der Waals surface area contributed by atoms with E-state index in [1.54, 1.807) is 6.07 Å². The van der Waals surface area contributed by atoms with Crippen LogP contribution in [0.1, 0.15) is 17.5 Å². The van der Waals surface area contributed by atoms with Crippen LogP contribution in [0.5, 0.6) is 0 Å². The van der Waals surface area contributed by atoms with Gasteiger partial charge in [0.2, 0.25) is 0 Å². The monoisotopic (exact) mass is 207 g/mol. The third-order valence-electron chi connectivity index (χ3n) is 1.97. The summed E-state index contributed by atoms with van der Waals surface area (Å²) in [6, 6.07) is 4.22. The predicted molar refractivity (Wildman–Crippen MR) is 57.7 cm³/mol. The van der Waals surface area contributed by atoms with Crippen molar-refractivity contribution in [1.82, 2.24) is 5.32 Å². The Morgan fingerprint density at radius 3 is 2.93 bits per heavy atom. The van der Waals surface area contributed by atoms with Crippen molar-refractivity contribution in [2.45, 2.75) is 13.0 Å². The standard InChI is InChI=1S/C12H14FNO/c1-14-7-3-2-4-10-8-12(13)6-5-11(10)9-15/h5-6,8,14-15H,3,7,9H2,1H3. The van der Waals surface area contributed by atoms with Gasteiger partial charge in [0.05, 0.1) is 6.61 Å². The lowest BCUT2D eigenvalue weighted by Crippen LogP contribution is -2.05. The van der Waals surface area contributed by atoms with Gasteiger partial charge in [-0.1, -0.05) is 17.9 Å². The average molecular weight is 207 g/mol.